The van der Waals surface area contributed by atoms with E-state index in [0.717, 1.165) is 6.42 Å². The molecule has 0 saturated heterocycles. The summed E-state index contributed by atoms with van der Waals surface area (Å²) in [6, 6.07) is 0. The van der Waals surface area contributed by atoms with Crippen LogP contribution in [0.2, 0.25) is 0 Å². The quantitative estimate of drug-likeness (QED) is 0.286. The zero-order valence-corrected chi connectivity index (χ0v) is 7.29. The predicted octanol–water partition coefficient (Wildman–Crippen LogP) is 0.242. The highest BCUT2D eigenvalue weighted by molar-refractivity contribution is 6.32. The van der Waals surface area contributed by atoms with Crippen molar-refractivity contribution in [1.29, 1.82) is 0 Å². The predicted molar refractivity (Wildman–Crippen MR) is 44.5 cm³/mol. The second-order valence-corrected chi connectivity index (χ2v) is 2.11. The standard InChI is InChI=1S/C8H13NO3/c1-3-4-5-6-9-7(10)8(11)12-2/h3-4H,5-6H2,1-2H3,(H,9,10)/b4-3+. The van der Waals surface area contributed by atoms with Gasteiger partial charge in [-0.1, -0.05) is 12.2 Å². The normalized spacial score (nSPS) is 9.83. The number of nitrogens with one attached hydrogen (secondary N) is 1. The van der Waals surface area contributed by atoms with E-state index in [1.807, 2.05) is 19.1 Å². The van der Waals surface area contributed by atoms with Crippen molar-refractivity contribution in [3.63, 3.8) is 0 Å². The number of ether oxygens (including phenoxy) is 1. The van der Waals surface area contributed by atoms with Crippen molar-refractivity contribution >= 4 is 11.9 Å². The molecule has 1 N–H and O–H groups in total. The molecular formula is C8H13NO3. The highest BCUT2D eigenvalue weighted by Crippen LogP contribution is 1.80. The number of carbonyl (C=O) groups is 2. The van der Waals surface area contributed by atoms with Crippen LogP contribution < -0.4 is 5.32 Å². The molecule has 0 spiro atoms. The summed E-state index contributed by atoms with van der Waals surface area (Å²) in [6.07, 6.45) is 4.50. The molecule has 0 unspecified atom stereocenters. The Labute approximate surface area is 71.6 Å². The molecule has 0 radical (unpaired) electrons. The molecule has 1 amide bonds. The maximum Gasteiger partial charge on any atom is 0.396 e. The van der Waals surface area contributed by atoms with Crippen molar-refractivity contribution < 1.29 is 14.3 Å². The minimum Gasteiger partial charge on any atom is -0.462 e. The number of carbonyl (C=O) groups excluding carboxylic acids is 2. The van der Waals surface area contributed by atoms with Crippen molar-refractivity contribution in [2.45, 2.75) is 13.3 Å². The lowest BCUT2D eigenvalue weighted by molar-refractivity contribution is -0.152. The lowest BCUT2D eigenvalue weighted by atomic mass is 10.4. The van der Waals surface area contributed by atoms with Crippen LogP contribution >= 0.6 is 0 Å². The van der Waals surface area contributed by atoms with Crippen LogP contribution in [-0.4, -0.2) is 25.5 Å². The molecular weight excluding hydrogens is 158 g/mol. The Balaban J connectivity index is 3.51. The van der Waals surface area contributed by atoms with Gasteiger partial charge in [-0.2, -0.15) is 0 Å². The molecule has 0 heterocycles. The molecule has 0 aliphatic rings. The van der Waals surface area contributed by atoms with Crippen molar-refractivity contribution in [3.05, 3.63) is 12.2 Å². The third-order valence-electron chi connectivity index (χ3n) is 1.20. The minimum atomic E-state index is -0.851. The molecule has 0 saturated carbocycles. The number of esters is 1. The van der Waals surface area contributed by atoms with E-state index in [1.165, 1.54) is 7.11 Å². The second-order valence-electron chi connectivity index (χ2n) is 2.11. The van der Waals surface area contributed by atoms with Crippen LogP contribution in [0.25, 0.3) is 0 Å². The summed E-state index contributed by atoms with van der Waals surface area (Å²) < 4.78 is 4.20. The van der Waals surface area contributed by atoms with Crippen molar-refractivity contribution in [2.75, 3.05) is 13.7 Å². The molecule has 0 aliphatic carbocycles. The number of rotatable bonds is 3. The highest BCUT2D eigenvalue weighted by Gasteiger charge is 2.11. The first kappa shape index (κ1) is 10.7. The zero-order valence-electron chi connectivity index (χ0n) is 7.29. The smallest absolute Gasteiger partial charge is 0.396 e. The van der Waals surface area contributed by atoms with Gasteiger partial charge in [-0.15, -0.1) is 0 Å². The Morgan fingerprint density at radius 3 is 2.67 bits per heavy atom. The van der Waals surface area contributed by atoms with E-state index in [2.05, 4.69) is 10.1 Å². The molecule has 0 aromatic heterocycles. The van der Waals surface area contributed by atoms with Gasteiger partial charge in [0.25, 0.3) is 0 Å². The Bertz CT molecular complexity index is 187. The molecule has 0 bridgehead atoms. The molecule has 0 fully saturated rings. The lowest BCUT2D eigenvalue weighted by Crippen LogP contribution is -2.32. The van der Waals surface area contributed by atoms with Gasteiger partial charge in [-0.3, -0.25) is 4.79 Å². The first-order chi connectivity index (χ1) is 5.72. The van der Waals surface area contributed by atoms with Crippen LogP contribution in [0.3, 0.4) is 0 Å². The fourth-order valence-corrected chi connectivity index (χ4v) is 0.601. The Morgan fingerprint density at radius 2 is 2.17 bits per heavy atom. The number of hydrogen-bond acceptors (Lipinski definition) is 3. The Morgan fingerprint density at radius 1 is 1.50 bits per heavy atom. The average molecular weight is 171 g/mol. The summed E-state index contributed by atoms with van der Waals surface area (Å²) >= 11 is 0. The maximum absolute atomic E-state index is 10.7. The summed E-state index contributed by atoms with van der Waals surface area (Å²) in [7, 11) is 1.17. The third-order valence-corrected chi connectivity index (χ3v) is 1.20. The lowest BCUT2D eigenvalue weighted by Gasteiger charge is -1.99. The van der Waals surface area contributed by atoms with Gasteiger partial charge in [0, 0.05) is 6.54 Å². The van der Waals surface area contributed by atoms with Crippen molar-refractivity contribution in [3.8, 4) is 0 Å². The molecule has 4 nitrogen and oxygen atoms in total. The maximum atomic E-state index is 10.7. The van der Waals surface area contributed by atoms with Crippen LogP contribution in [-0.2, 0) is 14.3 Å². The topological polar surface area (TPSA) is 55.4 Å². The first-order valence-corrected chi connectivity index (χ1v) is 3.69. The monoisotopic (exact) mass is 171 g/mol. The van der Waals surface area contributed by atoms with E-state index in [1.54, 1.807) is 0 Å². The number of hydrogen-bond donors (Lipinski definition) is 1. The number of methoxy groups -OCH3 is 1. The second kappa shape index (κ2) is 6.39. The molecule has 0 rings (SSSR count). The SMILES string of the molecule is C/C=C/CCNC(=O)C(=O)OC. The number of allylic oxidation sites excluding steroid dienone is 1. The van der Waals surface area contributed by atoms with Gasteiger partial charge in [0.1, 0.15) is 0 Å². The summed E-state index contributed by atoms with van der Waals surface area (Å²) in [5.74, 6) is -1.54. The molecule has 68 valence electrons. The summed E-state index contributed by atoms with van der Waals surface area (Å²) in [5, 5.41) is 2.40. The van der Waals surface area contributed by atoms with Crippen LogP contribution in [0.15, 0.2) is 12.2 Å². The van der Waals surface area contributed by atoms with Gasteiger partial charge in [-0.05, 0) is 13.3 Å². The molecule has 0 aromatic carbocycles. The van der Waals surface area contributed by atoms with E-state index < -0.39 is 11.9 Å². The molecule has 0 aromatic rings. The van der Waals surface area contributed by atoms with Gasteiger partial charge < -0.3 is 10.1 Å². The molecule has 4 heteroatoms. The van der Waals surface area contributed by atoms with E-state index in [9.17, 15) is 9.59 Å². The fourth-order valence-electron chi connectivity index (χ4n) is 0.601. The van der Waals surface area contributed by atoms with Crippen molar-refractivity contribution in [2.24, 2.45) is 0 Å². The van der Waals surface area contributed by atoms with Gasteiger partial charge in [0.2, 0.25) is 0 Å². The fraction of sp³-hybridized carbons (Fsp3) is 0.500. The van der Waals surface area contributed by atoms with E-state index >= 15 is 0 Å². The Hall–Kier alpha value is -1.32. The van der Waals surface area contributed by atoms with Gasteiger partial charge in [0.15, 0.2) is 0 Å². The third kappa shape index (κ3) is 4.49. The molecule has 0 aliphatic heterocycles. The summed E-state index contributed by atoms with van der Waals surface area (Å²) in [6.45, 7) is 2.35. The van der Waals surface area contributed by atoms with E-state index in [4.69, 9.17) is 0 Å². The minimum absolute atomic E-state index is 0.457. The average Bonchev–Trinajstić information content (AvgIpc) is 2.10. The highest BCUT2D eigenvalue weighted by atomic mass is 16.5. The summed E-state index contributed by atoms with van der Waals surface area (Å²) in [5.41, 5.74) is 0. The van der Waals surface area contributed by atoms with E-state index in [0.29, 0.717) is 6.54 Å². The number of amides is 1. The van der Waals surface area contributed by atoms with E-state index in [-0.39, 0.29) is 0 Å². The largest absolute Gasteiger partial charge is 0.462 e. The zero-order chi connectivity index (χ0) is 9.40. The van der Waals surface area contributed by atoms with Gasteiger partial charge in [-0.25, -0.2) is 4.79 Å². The van der Waals surface area contributed by atoms with Crippen LogP contribution in [0, 0.1) is 0 Å². The summed E-state index contributed by atoms with van der Waals surface area (Å²) in [4.78, 5) is 21.3. The van der Waals surface area contributed by atoms with Crippen molar-refractivity contribution in [1.82, 2.24) is 5.32 Å². The van der Waals surface area contributed by atoms with Gasteiger partial charge >= 0.3 is 11.9 Å². The molecule has 12 heavy (non-hydrogen) atoms. The van der Waals surface area contributed by atoms with Crippen LogP contribution in [0.4, 0.5) is 0 Å². The van der Waals surface area contributed by atoms with Crippen LogP contribution in [0.5, 0.6) is 0 Å². The Kier molecular flexibility index (Phi) is 5.69. The first-order valence-electron chi connectivity index (χ1n) is 3.69. The van der Waals surface area contributed by atoms with Crippen LogP contribution in [0.1, 0.15) is 13.3 Å². The molecule has 0 atom stereocenters. The van der Waals surface area contributed by atoms with Gasteiger partial charge in [0.05, 0.1) is 7.11 Å².